The summed E-state index contributed by atoms with van der Waals surface area (Å²) in [6.07, 6.45) is 4.76. The van der Waals surface area contributed by atoms with E-state index in [-0.39, 0.29) is 0 Å². The van der Waals surface area contributed by atoms with Gasteiger partial charge in [0.05, 0.1) is 12.7 Å². The first-order valence-electron chi connectivity index (χ1n) is 12.0. The first kappa shape index (κ1) is 29.4. The van der Waals surface area contributed by atoms with Crippen molar-refractivity contribution < 1.29 is 24.1 Å². The summed E-state index contributed by atoms with van der Waals surface area (Å²) in [7, 11) is 3.67. The molecule has 1 saturated heterocycles. The van der Waals surface area contributed by atoms with Gasteiger partial charge in [0.1, 0.15) is 25.8 Å². The van der Waals surface area contributed by atoms with Crippen LogP contribution in [0.4, 0.5) is 0 Å². The molecule has 2 aliphatic heterocycles. The molecule has 190 valence electrons. The number of hydrogen-bond acceptors (Lipinski definition) is 7. The Morgan fingerprint density at radius 1 is 1.03 bits per heavy atom. The molecule has 7 heteroatoms. The van der Waals surface area contributed by atoms with Gasteiger partial charge < -0.3 is 34.7 Å². The SMILES string of the molecule is C=O.CCc1ccc(OCCCC(O)c2ccc3c(c2)OCCO3)cc1.CN.CN1CCCC1. The van der Waals surface area contributed by atoms with Crippen molar-refractivity contribution in [1.82, 2.24) is 4.90 Å². The monoisotopic (exact) mass is 474 g/mol. The maximum absolute atomic E-state index is 10.3. The van der Waals surface area contributed by atoms with E-state index in [1.807, 2.05) is 37.1 Å². The Hall–Kier alpha value is -2.61. The van der Waals surface area contributed by atoms with Gasteiger partial charge >= 0.3 is 0 Å². The number of aliphatic hydroxyl groups is 1. The number of aryl methyl sites for hydroxylation is 1. The molecule has 0 bridgehead atoms. The standard InChI is InChI=1S/C20H24O4.C5H11N.CH5N.CH2O/c1-2-15-5-8-17(9-6-15)22-11-3-4-18(21)16-7-10-19-20(14-16)24-13-12-23-19;1-6-4-2-3-5-6;2*1-2/h5-10,14,18,21H,2-4,11-13H2,1H3;2-5H2,1H3;2H2,1H3;1H2. The Bertz CT molecular complexity index is 779. The number of benzene rings is 2. The number of nitrogens with two attached hydrogens (primary N) is 1. The quantitative estimate of drug-likeness (QED) is 0.586. The van der Waals surface area contributed by atoms with Gasteiger partial charge in [0.15, 0.2) is 11.5 Å². The normalized spacial score (nSPS) is 14.9. The van der Waals surface area contributed by atoms with Gasteiger partial charge in [0.25, 0.3) is 0 Å². The summed E-state index contributed by atoms with van der Waals surface area (Å²) in [6.45, 7) is 8.49. The van der Waals surface area contributed by atoms with E-state index in [0.717, 1.165) is 29.9 Å². The number of aliphatic hydroxyl groups excluding tert-OH is 1. The van der Waals surface area contributed by atoms with Crippen LogP contribution in [0.5, 0.6) is 17.2 Å². The van der Waals surface area contributed by atoms with Crippen LogP contribution < -0.4 is 19.9 Å². The number of rotatable bonds is 7. The summed E-state index contributed by atoms with van der Waals surface area (Å²) in [5.41, 5.74) is 6.66. The lowest BCUT2D eigenvalue weighted by Crippen LogP contribution is -2.15. The average molecular weight is 475 g/mol. The van der Waals surface area contributed by atoms with Crippen LogP contribution in [0, 0.1) is 0 Å². The Labute approximate surface area is 204 Å². The van der Waals surface area contributed by atoms with E-state index in [4.69, 9.17) is 19.0 Å². The molecule has 2 heterocycles. The molecule has 0 spiro atoms. The van der Waals surface area contributed by atoms with Gasteiger partial charge in [-0.3, -0.25) is 0 Å². The minimum Gasteiger partial charge on any atom is -0.494 e. The highest BCUT2D eigenvalue weighted by atomic mass is 16.6. The molecule has 2 aromatic carbocycles. The lowest BCUT2D eigenvalue weighted by atomic mass is 10.0. The molecule has 34 heavy (non-hydrogen) atoms. The van der Waals surface area contributed by atoms with Gasteiger partial charge in [0, 0.05) is 0 Å². The van der Waals surface area contributed by atoms with Gasteiger partial charge in [-0.2, -0.15) is 0 Å². The fraction of sp³-hybridized carbons (Fsp3) is 0.519. The number of carbonyl (C=O) groups excluding carboxylic acids is 1. The number of carbonyl (C=O) groups is 1. The topological polar surface area (TPSA) is 94.2 Å². The van der Waals surface area contributed by atoms with E-state index in [1.165, 1.54) is 38.5 Å². The van der Waals surface area contributed by atoms with Gasteiger partial charge in [-0.05, 0) is 94.7 Å². The molecule has 7 nitrogen and oxygen atoms in total. The van der Waals surface area contributed by atoms with Crippen LogP contribution in [0.1, 0.15) is 49.8 Å². The van der Waals surface area contributed by atoms with Crippen molar-refractivity contribution in [3.63, 3.8) is 0 Å². The second kappa shape index (κ2) is 17.8. The maximum Gasteiger partial charge on any atom is 0.161 e. The molecule has 2 aromatic rings. The molecule has 2 aliphatic rings. The first-order chi connectivity index (χ1) is 16.7. The zero-order chi connectivity index (χ0) is 25.2. The molecule has 0 amide bonds. The Morgan fingerprint density at radius 3 is 2.21 bits per heavy atom. The second-order valence-corrected chi connectivity index (χ2v) is 7.92. The summed E-state index contributed by atoms with van der Waals surface area (Å²) in [4.78, 5) is 10.4. The highest BCUT2D eigenvalue weighted by Crippen LogP contribution is 2.33. The third kappa shape index (κ3) is 10.5. The van der Waals surface area contributed by atoms with E-state index in [9.17, 15) is 5.11 Å². The molecular formula is C27H42N2O5. The lowest BCUT2D eigenvalue weighted by molar-refractivity contribution is -0.0980. The van der Waals surface area contributed by atoms with Gasteiger partial charge in [-0.25, -0.2) is 0 Å². The summed E-state index contributed by atoms with van der Waals surface area (Å²) in [5.74, 6) is 2.34. The zero-order valence-corrected chi connectivity index (χ0v) is 21.0. The van der Waals surface area contributed by atoms with Crippen molar-refractivity contribution >= 4 is 6.79 Å². The predicted octanol–water partition coefficient (Wildman–Crippen LogP) is 4.01. The maximum atomic E-state index is 10.3. The van der Waals surface area contributed by atoms with Crippen LogP contribution in [-0.4, -0.2) is 63.8 Å². The van der Waals surface area contributed by atoms with Crippen molar-refractivity contribution in [3.05, 3.63) is 53.6 Å². The van der Waals surface area contributed by atoms with Gasteiger partial charge in [-0.15, -0.1) is 0 Å². The highest BCUT2D eigenvalue weighted by molar-refractivity contribution is 5.44. The Morgan fingerprint density at radius 2 is 1.65 bits per heavy atom. The lowest BCUT2D eigenvalue weighted by Gasteiger charge is -2.20. The van der Waals surface area contributed by atoms with E-state index in [1.54, 1.807) is 0 Å². The molecular weight excluding hydrogens is 432 g/mol. The zero-order valence-electron chi connectivity index (χ0n) is 21.0. The van der Waals surface area contributed by atoms with Gasteiger partial charge in [-0.1, -0.05) is 25.1 Å². The number of hydrogen-bond donors (Lipinski definition) is 2. The Kier molecular flexibility index (Phi) is 15.4. The second-order valence-electron chi connectivity index (χ2n) is 7.92. The van der Waals surface area contributed by atoms with E-state index in [2.05, 4.69) is 36.7 Å². The number of fused-ring (bicyclic) bond motifs is 1. The molecule has 3 N–H and O–H groups in total. The van der Waals surface area contributed by atoms with Gasteiger partial charge in [0.2, 0.25) is 0 Å². The molecule has 0 aliphatic carbocycles. The molecule has 4 rings (SSSR count). The van der Waals surface area contributed by atoms with E-state index < -0.39 is 6.10 Å². The van der Waals surface area contributed by atoms with Crippen molar-refractivity contribution in [2.75, 3.05) is 47.0 Å². The van der Waals surface area contributed by atoms with E-state index in [0.29, 0.717) is 32.0 Å². The fourth-order valence-corrected chi connectivity index (χ4v) is 3.60. The van der Waals surface area contributed by atoms with Crippen LogP contribution in [0.3, 0.4) is 0 Å². The predicted molar refractivity (Wildman–Crippen MR) is 137 cm³/mol. The number of likely N-dealkylation sites (tertiary alicyclic amines) is 1. The minimum atomic E-state index is -0.521. The van der Waals surface area contributed by atoms with Crippen molar-refractivity contribution in [1.29, 1.82) is 0 Å². The van der Waals surface area contributed by atoms with E-state index >= 15 is 0 Å². The average Bonchev–Trinajstić information content (AvgIpc) is 3.40. The first-order valence-corrected chi connectivity index (χ1v) is 12.0. The summed E-state index contributed by atoms with van der Waals surface area (Å²) < 4.78 is 16.8. The molecule has 1 fully saturated rings. The minimum absolute atomic E-state index is 0.521. The number of nitrogens with zero attached hydrogens (tertiary/aromatic N) is 1. The number of ether oxygens (including phenoxy) is 3. The van der Waals surface area contributed by atoms with Crippen LogP contribution in [0.25, 0.3) is 0 Å². The Balaban J connectivity index is 0.000000489. The molecule has 0 aromatic heterocycles. The molecule has 0 saturated carbocycles. The third-order valence-corrected chi connectivity index (χ3v) is 5.50. The van der Waals surface area contributed by atoms with Crippen molar-refractivity contribution in [3.8, 4) is 17.2 Å². The largest absolute Gasteiger partial charge is 0.494 e. The summed E-state index contributed by atoms with van der Waals surface area (Å²) >= 11 is 0. The highest BCUT2D eigenvalue weighted by Gasteiger charge is 2.15. The molecule has 1 unspecified atom stereocenters. The molecule has 1 atom stereocenters. The van der Waals surface area contributed by atoms with Crippen LogP contribution in [-0.2, 0) is 11.2 Å². The van der Waals surface area contributed by atoms with Crippen LogP contribution in [0.15, 0.2) is 42.5 Å². The molecule has 0 radical (unpaired) electrons. The fourth-order valence-electron chi connectivity index (χ4n) is 3.60. The van der Waals surface area contributed by atoms with Crippen molar-refractivity contribution in [2.24, 2.45) is 5.73 Å². The third-order valence-electron chi connectivity index (χ3n) is 5.50. The summed E-state index contributed by atoms with van der Waals surface area (Å²) in [6, 6.07) is 13.8. The van der Waals surface area contributed by atoms with Crippen molar-refractivity contribution in [2.45, 2.75) is 45.1 Å². The van der Waals surface area contributed by atoms with Crippen LogP contribution in [0.2, 0.25) is 0 Å². The van der Waals surface area contributed by atoms with Crippen LogP contribution >= 0.6 is 0 Å². The smallest absolute Gasteiger partial charge is 0.161 e. The summed E-state index contributed by atoms with van der Waals surface area (Å²) in [5, 5.41) is 10.3.